The number of aromatic nitrogens is 2. The number of imidazole rings is 1. The smallest absolute Gasteiger partial charge is 0.201 e. The molecule has 2 aromatic heterocycles. The Labute approximate surface area is 163 Å². The van der Waals surface area contributed by atoms with Gasteiger partial charge in [0.15, 0.2) is 5.52 Å². The zero-order chi connectivity index (χ0) is 19.0. The van der Waals surface area contributed by atoms with E-state index in [1.165, 1.54) is 60.1 Å². The number of para-hydroxylation sites is 1. The van der Waals surface area contributed by atoms with Crippen LogP contribution in [0.2, 0.25) is 0 Å². The quantitative estimate of drug-likeness (QED) is 0.468. The molecule has 0 amide bonds. The number of hydrogen-bond acceptors (Lipinski definition) is 0. The van der Waals surface area contributed by atoms with Crippen molar-refractivity contribution in [3.05, 3.63) is 65.7 Å². The Morgan fingerprint density at radius 2 is 1.48 bits per heavy atom. The number of pyridine rings is 1. The highest BCUT2D eigenvalue weighted by Gasteiger charge is 2.24. The van der Waals surface area contributed by atoms with E-state index in [0.29, 0.717) is 17.8 Å². The number of fused-ring (bicyclic) bond motifs is 1. The Morgan fingerprint density at radius 1 is 0.852 bits per heavy atom. The Bertz CT molecular complexity index is 900. The molecule has 1 aliphatic rings. The highest BCUT2D eigenvalue weighted by Crippen LogP contribution is 2.33. The van der Waals surface area contributed by atoms with Crippen LogP contribution in [0, 0.1) is 0 Å². The van der Waals surface area contributed by atoms with Crippen molar-refractivity contribution in [1.29, 1.82) is 0 Å². The van der Waals surface area contributed by atoms with Crippen LogP contribution in [0.3, 0.4) is 0 Å². The van der Waals surface area contributed by atoms with Gasteiger partial charge in [0.2, 0.25) is 0 Å². The van der Waals surface area contributed by atoms with Crippen LogP contribution in [0.1, 0.15) is 94.4 Å². The Balaban J connectivity index is 1.88. The summed E-state index contributed by atoms with van der Waals surface area (Å²) in [6, 6.07) is 13.6. The van der Waals surface area contributed by atoms with Crippen LogP contribution in [0.4, 0.5) is 0 Å². The molecular weight excluding hydrogens is 328 g/mol. The Kier molecular flexibility index (Phi) is 5.08. The van der Waals surface area contributed by atoms with Gasteiger partial charge >= 0.3 is 0 Å². The summed E-state index contributed by atoms with van der Waals surface area (Å²) in [5, 5.41) is 0. The van der Waals surface area contributed by atoms with E-state index in [2.05, 4.69) is 85.6 Å². The molecule has 0 saturated heterocycles. The minimum atomic E-state index is 0.507. The molecule has 2 heterocycles. The molecule has 0 unspecified atom stereocenters. The fraction of sp³-hybridized carbons (Fsp3) is 0.480. The second kappa shape index (κ2) is 7.50. The topological polar surface area (TPSA) is 8.29 Å². The lowest BCUT2D eigenvalue weighted by Crippen LogP contribution is -2.31. The molecule has 0 atom stereocenters. The van der Waals surface area contributed by atoms with E-state index < -0.39 is 0 Å². The van der Waals surface area contributed by atoms with Crippen molar-refractivity contribution in [1.82, 2.24) is 4.40 Å². The van der Waals surface area contributed by atoms with Gasteiger partial charge in [-0.2, -0.15) is 4.40 Å². The van der Waals surface area contributed by atoms with Crippen LogP contribution in [-0.4, -0.2) is 4.40 Å². The molecule has 4 rings (SSSR count). The van der Waals surface area contributed by atoms with Gasteiger partial charge in [-0.1, -0.05) is 71.2 Å². The molecule has 0 aliphatic heterocycles. The van der Waals surface area contributed by atoms with Crippen molar-refractivity contribution in [2.45, 2.75) is 77.6 Å². The summed E-state index contributed by atoms with van der Waals surface area (Å²) in [5.74, 6) is 1.72. The van der Waals surface area contributed by atoms with E-state index >= 15 is 0 Å². The van der Waals surface area contributed by atoms with E-state index in [9.17, 15) is 0 Å². The van der Waals surface area contributed by atoms with E-state index in [4.69, 9.17) is 0 Å². The zero-order valence-electron chi connectivity index (χ0n) is 17.3. The molecule has 27 heavy (non-hydrogen) atoms. The maximum atomic E-state index is 2.44. The molecule has 142 valence electrons. The summed E-state index contributed by atoms with van der Waals surface area (Å²) in [6.45, 7) is 9.19. The summed E-state index contributed by atoms with van der Waals surface area (Å²) >= 11 is 0. The van der Waals surface area contributed by atoms with Crippen LogP contribution in [0.25, 0.3) is 11.2 Å². The van der Waals surface area contributed by atoms with E-state index in [1.54, 1.807) is 0 Å². The van der Waals surface area contributed by atoms with E-state index in [-0.39, 0.29) is 0 Å². The van der Waals surface area contributed by atoms with Crippen molar-refractivity contribution >= 4 is 5.52 Å². The van der Waals surface area contributed by atoms with Crippen molar-refractivity contribution < 1.29 is 4.57 Å². The second-order valence-corrected chi connectivity index (χ2v) is 8.83. The Morgan fingerprint density at radius 3 is 2.11 bits per heavy atom. The average molecular weight is 362 g/mol. The summed E-state index contributed by atoms with van der Waals surface area (Å²) in [6.07, 6.45) is 11.4. The van der Waals surface area contributed by atoms with Gasteiger partial charge in [0.25, 0.3) is 6.33 Å². The van der Waals surface area contributed by atoms with Crippen LogP contribution >= 0.6 is 0 Å². The monoisotopic (exact) mass is 361 g/mol. The number of rotatable bonds is 4. The molecule has 0 bridgehead atoms. The van der Waals surface area contributed by atoms with Crippen LogP contribution < -0.4 is 4.57 Å². The van der Waals surface area contributed by atoms with Crippen LogP contribution in [0.5, 0.6) is 0 Å². The molecule has 2 heteroatoms. The second-order valence-electron chi connectivity index (χ2n) is 8.83. The van der Waals surface area contributed by atoms with Crippen LogP contribution in [-0.2, 0) is 0 Å². The van der Waals surface area contributed by atoms with Gasteiger partial charge in [-0.05, 0) is 36.8 Å². The third kappa shape index (κ3) is 3.42. The Hall–Kier alpha value is -2.09. The zero-order valence-corrected chi connectivity index (χ0v) is 17.3. The molecule has 0 spiro atoms. The fourth-order valence-corrected chi connectivity index (χ4v) is 4.76. The van der Waals surface area contributed by atoms with Gasteiger partial charge in [-0.25, -0.2) is 4.57 Å². The summed E-state index contributed by atoms with van der Waals surface area (Å²) in [7, 11) is 0. The molecule has 1 aliphatic carbocycles. The summed E-state index contributed by atoms with van der Waals surface area (Å²) in [5.41, 5.74) is 7.02. The van der Waals surface area contributed by atoms with Crippen molar-refractivity contribution in [3.63, 3.8) is 0 Å². The van der Waals surface area contributed by atoms with Gasteiger partial charge in [0.05, 0.1) is 0 Å². The van der Waals surface area contributed by atoms with Gasteiger partial charge in [-0.3, -0.25) is 0 Å². The molecule has 2 nitrogen and oxygen atoms in total. The van der Waals surface area contributed by atoms with Crippen LogP contribution in [0.15, 0.2) is 48.9 Å². The van der Waals surface area contributed by atoms with Crippen molar-refractivity contribution in [3.8, 4) is 5.69 Å². The highest BCUT2D eigenvalue weighted by molar-refractivity contribution is 5.49. The predicted octanol–water partition coefficient (Wildman–Crippen LogP) is 6.51. The SMILES string of the molecule is CC(C)c1cccc(C(C)C)c1-[n+]1cc2cccc(C3CCCCC3)n2c1. The van der Waals surface area contributed by atoms with Crippen molar-refractivity contribution in [2.24, 2.45) is 0 Å². The minimum Gasteiger partial charge on any atom is -0.201 e. The van der Waals surface area contributed by atoms with Gasteiger partial charge in [-0.15, -0.1) is 0 Å². The lowest BCUT2D eigenvalue weighted by molar-refractivity contribution is -0.595. The first-order valence-corrected chi connectivity index (χ1v) is 10.7. The number of nitrogens with zero attached hydrogens (tertiary/aromatic N) is 2. The van der Waals surface area contributed by atoms with Gasteiger partial charge in [0, 0.05) is 17.0 Å². The molecule has 3 aromatic rings. The van der Waals surface area contributed by atoms with E-state index in [1.807, 2.05) is 0 Å². The maximum Gasteiger partial charge on any atom is 0.254 e. The predicted molar refractivity (Wildman–Crippen MR) is 113 cm³/mol. The number of hydrogen-bond donors (Lipinski definition) is 0. The first-order chi connectivity index (χ1) is 13.1. The van der Waals surface area contributed by atoms with Gasteiger partial charge < -0.3 is 0 Å². The molecule has 0 N–H and O–H groups in total. The average Bonchev–Trinajstić information content (AvgIpc) is 3.12. The summed E-state index contributed by atoms with van der Waals surface area (Å²) in [4.78, 5) is 0. The lowest BCUT2D eigenvalue weighted by atomic mass is 9.86. The lowest BCUT2D eigenvalue weighted by Gasteiger charge is -2.20. The number of benzene rings is 1. The summed E-state index contributed by atoms with van der Waals surface area (Å²) < 4.78 is 4.82. The largest absolute Gasteiger partial charge is 0.254 e. The molecular formula is C25H33N2+. The first-order valence-electron chi connectivity index (χ1n) is 10.7. The maximum absolute atomic E-state index is 2.44. The van der Waals surface area contributed by atoms with Crippen molar-refractivity contribution in [2.75, 3.05) is 0 Å². The standard InChI is InChI=1S/C25H33N2/c1-18(2)22-13-9-14-23(19(3)4)25(22)26-16-21-12-8-15-24(27(21)17-26)20-10-6-5-7-11-20/h8-9,12-20H,5-7,10-11H2,1-4H3/q+1. The highest BCUT2D eigenvalue weighted by atomic mass is 15.1. The minimum absolute atomic E-state index is 0.507. The first kappa shape index (κ1) is 18.3. The molecule has 1 aromatic carbocycles. The molecule has 1 fully saturated rings. The fourth-order valence-electron chi connectivity index (χ4n) is 4.76. The third-order valence-corrected chi connectivity index (χ3v) is 6.23. The van der Waals surface area contributed by atoms with Gasteiger partial charge in [0.1, 0.15) is 17.6 Å². The molecule has 1 saturated carbocycles. The normalized spacial score (nSPS) is 15.9. The third-order valence-electron chi connectivity index (χ3n) is 6.23. The van der Waals surface area contributed by atoms with E-state index in [0.717, 1.165) is 0 Å². The molecule has 0 radical (unpaired) electrons.